The maximum Gasteiger partial charge on any atom is 0.261 e. The molecule has 0 atom stereocenters. The number of imide groups is 1. The lowest BCUT2D eigenvalue weighted by atomic mass is 10.1. The number of carbonyl (C=O) groups is 3. The fourth-order valence-electron chi connectivity index (χ4n) is 0.981. The maximum atomic E-state index is 11.1. The molecule has 4 heteroatoms. The van der Waals surface area contributed by atoms with E-state index in [0.29, 0.717) is 12.8 Å². The van der Waals surface area contributed by atoms with Crippen molar-refractivity contribution in [2.24, 2.45) is 0 Å². The molecule has 12 heavy (non-hydrogen) atoms. The van der Waals surface area contributed by atoms with E-state index in [1.165, 1.54) is 0 Å². The fraction of sp³-hybridized carbons (Fsp3) is 0.375. The average molecular weight is 167 g/mol. The molecule has 0 aromatic carbocycles. The number of amides is 2. The average Bonchev–Trinajstić information content (AvgIpc) is 2.30. The largest absolute Gasteiger partial charge is 0.294 e. The summed E-state index contributed by atoms with van der Waals surface area (Å²) in [6.07, 6.45) is 2.05. The summed E-state index contributed by atoms with van der Waals surface area (Å²) in [6, 6.07) is 0. The molecule has 64 valence electrons. The molecule has 0 unspecified atom stereocenters. The van der Waals surface area contributed by atoms with Crippen molar-refractivity contribution in [2.75, 3.05) is 0 Å². The normalized spacial score (nSPS) is 15.9. The molecule has 0 aliphatic carbocycles. The summed E-state index contributed by atoms with van der Waals surface area (Å²) in [5.41, 5.74) is -0.0122. The summed E-state index contributed by atoms with van der Waals surface area (Å²) in [4.78, 5) is 32.6. The van der Waals surface area contributed by atoms with Crippen molar-refractivity contribution in [3.63, 3.8) is 0 Å². The molecule has 0 aromatic heterocycles. The van der Waals surface area contributed by atoms with Crippen molar-refractivity contribution >= 4 is 17.6 Å². The standard InChI is InChI=1S/C8H9NO3/c1-2-3-6(10)5-4-7(11)9-8(5)12/h4H,2-3H2,1H3,(H,9,11,12). The molecule has 1 heterocycles. The molecule has 0 fully saturated rings. The molecule has 0 aromatic rings. The number of nitrogens with one attached hydrogen (secondary N) is 1. The van der Waals surface area contributed by atoms with E-state index in [2.05, 4.69) is 0 Å². The van der Waals surface area contributed by atoms with Gasteiger partial charge in [-0.1, -0.05) is 6.92 Å². The molecule has 1 aliphatic rings. The molecular weight excluding hydrogens is 158 g/mol. The highest BCUT2D eigenvalue weighted by Gasteiger charge is 2.25. The minimum Gasteiger partial charge on any atom is -0.294 e. The van der Waals surface area contributed by atoms with Gasteiger partial charge in [-0.3, -0.25) is 19.7 Å². The van der Waals surface area contributed by atoms with Gasteiger partial charge < -0.3 is 0 Å². The molecule has 2 amide bonds. The second-order valence-electron chi connectivity index (χ2n) is 2.55. The van der Waals surface area contributed by atoms with Gasteiger partial charge in [0.25, 0.3) is 11.8 Å². The molecule has 1 rings (SSSR count). The molecule has 1 N–H and O–H groups in total. The summed E-state index contributed by atoms with van der Waals surface area (Å²) in [5.74, 6) is -1.33. The maximum absolute atomic E-state index is 11.1. The number of Topliss-reactive ketones (excluding diaryl/α,β-unsaturated/α-hetero) is 1. The zero-order valence-electron chi connectivity index (χ0n) is 6.72. The van der Waals surface area contributed by atoms with Crippen LogP contribution in [0.15, 0.2) is 11.6 Å². The van der Waals surface area contributed by atoms with E-state index in [4.69, 9.17) is 0 Å². The van der Waals surface area contributed by atoms with Crippen LogP contribution < -0.4 is 5.32 Å². The Balaban J connectivity index is 2.75. The third-order valence-corrected chi connectivity index (χ3v) is 1.53. The first-order chi connectivity index (χ1) is 5.65. The lowest BCUT2D eigenvalue weighted by molar-refractivity contribution is -0.124. The first-order valence-electron chi connectivity index (χ1n) is 3.75. The molecule has 0 saturated carbocycles. The molecule has 0 radical (unpaired) electrons. The molecule has 4 nitrogen and oxygen atoms in total. The van der Waals surface area contributed by atoms with Crippen LogP contribution in [0.4, 0.5) is 0 Å². The number of hydrogen-bond donors (Lipinski definition) is 1. The number of carbonyl (C=O) groups excluding carboxylic acids is 3. The molecular formula is C8H9NO3. The summed E-state index contributed by atoms with van der Waals surface area (Å²) in [5, 5.41) is 2.01. The number of hydrogen-bond acceptors (Lipinski definition) is 3. The van der Waals surface area contributed by atoms with E-state index in [1.54, 1.807) is 0 Å². The minimum absolute atomic E-state index is 0.0122. The predicted octanol–water partition coefficient (Wildman–Crippen LogP) is -0.0616. The van der Waals surface area contributed by atoms with Crippen molar-refractivity contribution in [3.8, 4) is 0 Å². The van der Waals surface area contributed by atoms with Crippen LogP contribution in [0.3, 0.4) is 0 Å². The van der Waals surface area contributed by atoms with E-state index >= 15 is 0 Å². The predicted molar refractivity (Wildman–Crippen MR) is 41.1 cm³/mol. The summed E-state index contributed by atoms with van der Waals surface area (Å²) in [6.45, 7) is 1.84. The van der Waals surface area contributed by atoms with Gasteiger partial charge in [-0.15, -0.1) is 0 Å². The monoisotopic (exact) mass is 167 g/mol. The van der Waals surface area contributed by atoms with Crippen LogP contribution >= 0.6 is 0 Å². The van der Waals surface area contributed by atoms with E-state index in [-0.39, 0.29) is 11.4 Å². The van der Waals surface area contributed by atoms with Crippen molar-refractivity contribution in [3.05, 3.63) is 11.6 Å². The van der Waals surface area contributed by atoms with Crippen LogP contribution in [0.1, 0.15) is 19.8 Å². The van der Waals surface area contributed by atoms with Crippen LogP contribution in [-0.4, -0.2) is 17.6 Å². The highest BCUT2D eigenvalue weighted by Crippen LogP contribution is 2.07. The third-order valence-electron chi connectivity index (χ3n) is 1.53. The summed E-state index contributed by atoms with van der Waals surface area (Å²) >= 11 is 0. The SMILES string of the molecule is CCCC(=O)C1=CC(=O)NC1=O. The van der Waals surface area contributed by atoms with Gasteiger partial charge in [-0.25, -0.2) is 0 Å². The Morgan fingerprint density at radius 1 is 1.50 bits per heavy atom. The van der Waals surface area contributed by atoms with Gasteiger partial charge >= 0.3 is 0 Å². The minimum atomic E-state index is -0.571. The third kappa shape index (κ3) is 1.58. The van der Waals surface area contributed by atoms with Crippen molar-refractivity contribution in [1.82, 2.24) is 5.32 Å². The van der Waals surface area contributed by atoms with Crippen LogP contribution in [0.5, 0.6) is 0 Å². The van der Waals surface area contributed by atoms with Gasteiger partial charge in [0.1, 0.15) is 0 Å². The lowest BCUT2D eigenvalue weighted by Gasteiger charge is -1.95. The van der Waals surface area contributed by atoms with E-state index in [9.17, 15) is 14.4 Å². The van der Waals surface area contributed by atoms with Crippen molar-refractivity contribution < 1.29 is 14.4 Å². The van der Waals surface area contributed by atoms with Gasteiger partial charge in [-0.2, -0.15) is 0 Å². The van der Waals surface area contributed by atoms with Gasteiger partial charge in [0.2, 0.25) is 0 Å². The smallest absolute Gasteiger partial charge is 0.261 e. The molecule has 1 aliphatic heterocycles. The Labute approximate surface area is 69.6 Å². The highest BCUT2D eigenvalue weighted by molar-refractivity contribution is 6.30. The van der Waals surface area contributed by atoms with Crippen LogP contribution in [0, 0.1) is 0 Å². The summed E-state index contributed by atoms with van der Waals surface area (Å²) in [7, 11) is 0. The summed E-state index contributed by atoms with van der Waals surface area (Å²) < 4.78 is 0. The van der Waals surface area contributed by atoms with Crippen molar-refractivity contribution in [1.29, 1.82) is 0 Å². The quantitative estimate of drug-likeness (QED) is 0.473. The van der Waals surface area contributed by atoms with Gasteiger partial charge in [0, 0.05) is 12.5 Å². The van der Waals surface area contributed by atoms with Gasteiger partial charge in [0.15, 0.2) is 5.78 Å². The first-order valence-corrected chi connectivity index (χ1v) is 3.75. The topological polar surface area (TPSA) is 63.2 Å². The van der Waals surface area contributed by atoms with Crippen LogP contribution in [0.2, 0.25) is 0 Å². The number of rotatable bonds is 3. The Bertz CT molecular complexity index is 278. The fourth-order valence-corrected chi connectivity index (χ4v) is 0.981. The van der Waals surface area contributed by atoms with E-state index < -0.39 is 11.8 Å². The Hall–Kier alpha value is -1.45. The Morgan fingerprint density at radius 3 is 2.58 bits per heavy atom. The van der Waals surface area contributed by atoms with Crippen LogP contribution in [-0.2, 0) is 14.4 Å². The zero-order chi connectivity index (χ0) is 9.14. The van der Waals surface area contributed by atoms with Gasteiger partial charge in [-0.05, 0) is 6.42 Å². The highest BCUT2D eigenvalue weighted by atomic mass is 16.2. The number of ketones is 1. The van der Waals surface area contributed by atoms with E-state index in [1.807, 2.05) is 12.2 Å². The molecule has 0 saturated heterocycles. The lowest BCUT2D eigenvalue weighted by Crippen LogP contribution is -2.24. The first kappa shape index (κ1) is 8.64. The second kappa shape index (κ2) is 3.30. The Morgan fingerprint density at radius 2 is 2.17 bits per heavy atom. The zero-order valence-corrected chi connectivity index (χ0v) is 6.72. The Kier molecular flexibility index (Phi) is 2.38. The van der Waals surface area contributed by atoms with Gasteiger partial charge in [0.05, 0.1) is 5.57 Å². The van der Waals surface area contributed by atoms with E-state index in [0.717, 1.165) is 6.08 Å². The second-order valence-corrected chi connectivity index (χ2v) is 2.55. The molecule has 0 bridgehead atoms. The van der Waals surface area contributed by atoms with Crippen molar-refractivity contribution in [2.45, 2.75) is 19.8 Å². The molecule has 0 spiro atoms. The van der Waals surface area contributed by atoms with Crippen LogP contribution in [0.25, 0.3) is 0 Å².